The van der Waals surface area contributed by atoms with Crippen molar-refractivity contribution in [1.82, 2.24) is 19.4 Å². The van der Waals surface area contributed by atoms with Gasteiger partial charge < -0.3 is 15.0 Å². The molecule has 3 heterocycles. The highest BCUT2D eigenvalue weighted by Crippen LogP contribution is 2.32. The normalized spacial score (nSPS) is 16.6. The van der Waals surface area contributed by atoms with E-state index in [-0.39, 0.29) is 30.2 Å². The highest BCUT2D eigenvalue weighted by atomic mass is 16.3. The Kier molecular flexibility index (Phi) is 4.79. The van der Waals surface area contributed by atoms with E-state index in [2.05, 4.69) is 9.97 Å². The Bertz CT molecular complexity index is 1150. The van der Waals surface area contributed by atoms with Gasteiger partial charge in [0.25, 0.3) is 11.5 Å². The molecule has 1 amide bonds. The van der Waals surface area contributed by atoms with Gasteiger partial charge in [0.2, 0.25) is 5.56 Å². The van der Waals surface area contributed by atoms with Gasteiger partial charge in [-0.25, -0.2) is 4.98 Å². The Morgan fingerprint density at radius 1 is 1.25 bits per heavy atom. The molecule has 1 atom stereocenters. The smallest absolute Gasteiger partial charge is 0.261 e. The predicted octanol–water partition coefficient (Wildman–Crippen LogP) is 1.05. The van der Waals surface area contributed by atoms with Crippen molar-refractivity contribution in [2.45, 2.75) is 25.4 Å². The zero-order valence-corrected chi connectivity index (χ0v) is 15.2. The number of fused-ring (bicyclic) bond motifs is 1. The summed E-state index contributed by atoms with van der Waals surface area (Å²) in [6.07, 6.45) is 2.86. The fourth-order valence-corrected chi connectivity index (χ4v) is 3.78. The Morgan fingerprint density at radius 2 is 2.07 bits per heavy atom. The Hall–Kier alpha value is -3.26. The van der Waals surface area contributed by atoms with Gasteiger partial charge in [0.15, 0.2) is 0 Å². The van der Waals surface area contributed by atoms with Crippen molar-refractivity contribution < 1.29 is 9.90 Å². The molecule has 1 aliphatic heterocycles. The Labute approximate surface area is 160 Å². The first-order valence-corrected chi connectivity index (χ1v) is 9.20. The minimum Gasteiger partial charge on any atom is -0.395 e. The second-order valence-electron chi connectivity index (χ2n) is 6.77. The van der Waals surface area contributed by atoms with E-state index < -0.39 is 6.04 Å². The minimum absolute atomic E-state index is 0.107. The first-order chi connectivity index (χ1) is 13.6. The summed E-state index contributed by atoms with van der Waals surface area (Å²) in [7, 11) is 0. The second kappa shape index (κ2) is 7.40. The van der Waals surface area contributed by atoms with Gasteiger partial charge in [-0.05, 0) is 31.0 Å². The maximum Gasteiger partial charge on any atom is 0.261 e. The van der Waals surface area contributed by atoms with Crippen LogP contribution >= 0.6 is 0 Å². The lowest BCUT2D eigenvalue weighted by atomic mass is 10.1. The molecule has 2 aromatic heterocycles. The third-order valence-electron chi connectivity index (χ3n) is 5.05. The molecule has 3 aromatic rings. The molecule has 8 heteroatoms. The van der Waals surface area contributed by atoms with Crippen molar-refractivity contribution in [3.63, 3.8) is 0 Å². The highest BCUT2D eigenvalue weighted by Gasteiger charge is 2.34. The van der Waals surface area contributed by atoms with Crippen LogP contribution in [0, 0.1) is 0 Å². The molecule has 1 aliphatic rings. The molecule has 8 nitrogen and oxygen atoms in total. The number of carbonyl (C=O) groups is 1. The number of nitrogens with zero attached hydrogens (tertiary/aromatic N) is 3. The average Bonchev–Trinajstić information content (AvgIpc) is 3.19. The van der Waals surface area contributed by atoms with Crippen molar-refractivity contribution >= 4 is 16.8 Å². The number of amides is 1. The summed E-state index contributed by atoms with van der Waals surface area (Å²) in [5, 5.41) is 9.94. The number of hydrogen-bond donors (Lipinski definition) is 2. The third kappa shape index (κ3) is 3.11. The maximum absolute atomic E-state index is 13.0. The molecule has 1 aromatic carbocycles. The minimum atomic E-state index is -0.393. The number of aliphatic hydroxyl groups excluding tert-OH is 1. The molecule has 0 bridgehead atoms. The lowest BCUT2D eigenvalue weighted by Crippen LogP contribution is -2.36. The fraction of sp³-hybridized carbons (Fsp3) is 0.300. The highest BCUT2D eigenvalue weighted by molar-refractivity contribution is 5.94. The monoisotopic (exact) mass is 380 g/mol. The van der Waals surface area contributed by atoms with E-state index in [1.165, 1.54) is 16.8 Å². The number of pyridine rings is 1. The van der Waals surface area contributed by atoms with Gasteiger partial charge in [0.05, 0.1) is 30.1 Å². The first-order valence-electron chi connectivity index (χ1n) is 9.20. The predicted molar refractivity (Wildman–Crippen MR) is 103 cm³/mol. The molecular formula is C20H20N4O4. The van der Waals surface area contributed by atoms with Gasteiger partial charge in [-0.2, -0.15) is 0 Å². The first kappa shape index (κ1) is 18.1. The van der Waals surface area contributed by atoms with Crippen LogP contribution in [0.1, 0.15) is 35.1 Å². The number of aromatic nitrogens is 3. The van der Waals surface area contributed by atoms with Crippen molar-refractivity contribution in [2.24, 2.45) is 0 Å². The Morgan fingerprint density at radius 3 is 2.86 bits per heavy atom. The van der Waals surface area contributed by atoms with Gasteiger partial charge >= 0.3 is 0 Å². The molecule has 2 N–H and O–H groups in total. The van der Waals surface area contributed by atoms with Gasteiger partial charge in [0, 0.05) is 24.4 Å². The Balaban J connectivity index is 1.82. The molecule has 4 rings (SSSR count). The lowest BCUT2D eigenvalue weighted by Gasteiger charge is -2.26. The second-order valence-corrected chi connectivity index (χ2v) is 6.77. The quantitative estimate of drug-likeness (QED) is 0.703. The summed E-state index contributed by atoms with van der Waals surface area (Å²) in [5.41, 5.74) is 0.285. The molecular weight excluding hydrogens is 360 g/mol. The molecule has 1 fully saturated rings. The van der Waals surface area contributed by atoms with Gasteiger partial charge in [0.1, 0.15) is 5.82 Å². The molecule has 1 saturated heterocycles. The van der Waals surface area contributed by atoms with E-state index in [9.17, 15) is 19.5 Å². The van der Waals surface area contributed by atoms with Crippen LogP contribution < -0.4 is 11.1 Å². The number of carbonyl (C=O) groups excluding carboxylic acids is 1. The van der Waals surface area contributed by atoms with Gasteiger partial charge in [-0.1, -0.05) is 12.1 Å². The van der Waals surface area contributed by atoms with E-state index in [1.54, 1.807) is 29.2 Å². The van der Waals surface area contributed by atoms with Crippen LogP contribution in [0.3, 0.4) is 0 Å². The van der Waals surface area contributed by atoms with Crippen LogP contribution in [-0.4, -0.2) is 43.6 Å². The van der Waals surface area contributed by atoms with Crippen LogP contribution in [0.2, 0.25) is 0 Å². The number of nitrogens with one attached hydrogen (secondary N) is 1. The molecule has 0 spiro atoms. The van der Waals surface area contributed by atoms with E-state index in [4.69, 9.17) is 0 Å². The molecule has 0 saturated carbocycles. The lowest BCUT2D eigenvalue weighted by molar-refractivity contribution is 0.0725. The average molecular weight is 380 g/mol. The number of rotatable bonds is 4. The summed E-state index contributed by atoms with van der Waals surface area (Å²) < 4.78 is 1.45. The fourth-order valence-electron chi connectivity index (χ4n) is 3.78. The topological polar surface area (TPSA) is 108 Å². The van der Waals surface area contributed by atoms with Gasteiger partial charge in [-0.15, -0.1) is 0 Å². The van der Waals surface area contributed by atoms with Crippen LogP contribution in [0.5, 0.6) is 0 Å². The molecule has 28 heavy (non-hydrogen) atoms. The van der Waals surface area contributed by atoms with Crippen molar-refractivity contribution in [3.05, 3.63) is 74.7 Å². The van der Waals surface area contributed by atoms with Crippen molar-refractivity contribution in [1.29, 1.82) is 0 Å². The zero-order chi connectivity index (χ0) is 19.7. The number of para-hydroxylation sites is 1. The molecule has 0 aliphatic carbocycles. The van der Waals surface area contributed by atoms with Crippen LogP contribution in [0.15, 0.2) is 52.2 Å². The van der Waals surface area contributed by atoms with Crippen LogP contribution in [0.25, 0.3) is 10.9 Å². The largest absolute Gasteiger partial charge is 0.395 e. The van der Waals surface area contributed by atoms with E-state index in [0.29, 0.717) is 35.3 Å². The summed E-state index contributed by atoms with van der Waals surface area (Å²) in [4.78, 5) is 46.4. The summed E-state index contributed by atoms with van der Waals surface area (Å²) in [6.45, 7) is 0.412. The molecule has 144 valence electrons. The number of hydrogen-bond acceptors (Lipinski definition) is 5. The number of likely N-dealkylation sites (tertiary alicyclic amines) is 1. The van der Waals surface area contributed by atoms with Crippen LogP contribution in [0.4, 0.5) is 0 Å². The van der Waals surface area contributed by atoms with Crippen LogP contribution in [-0.2, 0) is 6.54 Å². The molecule has 0 radical (unpaired) electrons. The van der Waals surface area contributed by atoms with E-state index >= 15 is 0 Å². The number of aliphatic hydroxyl groups is 1. The number of H-pyrrole nitrogens is 1. The summed E-state index contributed by atoms with van der Waals surface area (Å²) >= 11 is 0. The third-order valence-corrected chi connectivity index (χ3v) is 5.05. The maximum atomic E-state index is 13.0. The summed E-state index contributed by atoms with van der Waals surface area (Å²) in [6, 6.07) is 9.49. The molecule has 1 unspecified atom stereocenters. The number of benzene rings is 1. The van der Waals surface area contributed by atoms with E-state index in [0.717, 1.165) is 6.42 Å². The standard InChI is InChI=1S/C20H20N4O4/c25-11-10-24-18(22-15-5-2-1-4-14(15)20(24)28)16-6-3-9-23(16)19(27)13-7-8-21-17(26)12-13/h1-2,4-5,7-8,12,16,25H,3,6,9-11H2,(H,21,26). The summed E-state index contributed by atoms with van der Waals surface area (Å²) in [5.74, 6) is 0.194. The van der Waals surface area contributed by atoms with E-state index in [1.807, 2.05) is 6.07 Å². The van der Waals surface area contributed by atoms with Crippen molar-refractivity contribution in [3.8, 4) is 0 Å². The zero-order valence-electron chi connectivity index (χ0n) is 15.2. The van der Waals surface area contributed by atoms with Gasteiger partial charge in [-0.3, -0.25) is 19.0 Å². The SMILES string of the molecule is O=C(c1cc[nH]c(=O)c1)N1CCCC1c1nc2ccccc2c(=O)n1CCO. The van der Waals surface area contributed by atoms with Crippen molar-refractivity contribution in [2.75, 3.05) is 13.2 Å². The number of aromatic amines is 1.